The Morgan fingerprint density at radius 3 is 2.25 bits per heavy atom. The van der Waals surface area contributed by atoms with Crippen LogP contribution in [0.15, 0.2) is 25.6 Å². The van der Waals surface area contributed by atoms with Gasteiger partial charge in [0, 0.05) is 26.5 Å². The molecule has 0 fully saturated rings. The Morgan fingerprint density at radius 2 is 1.80 bits per heavy atom. The summed E-state index contributed by atoms with van der Waals surface area (Å²) < 4.78 is 2.32. The van der Waals surface area contributed by atoms with E-state index in [0.29, 0.717) is 12.2 Å². The molecule has 0 saturated carbocycles. The number of carboxylic acids is 1. The van der Waals surface area contributed by atoms with Crippen molar-refractivity contribution < 1.29 is 14.7 Å². The predicted molar refractivity (Wildman–Crippen MR) is 88.1 cm³/mol. The SMILES string of the molecule is CCN(CCC(=O)O)C(=O)Nc1c(Br)cc(Br)cc1Br. The molecule has 110 valence electrons. The topological polar surface area (TPSA) is 69.6 Å². The summed E-state index contributed by atoms with van der Waals surface area (Å²) >= 11 is 10.1. The summed E-state index contributed by atoms with van der Waals surface area (Å²) in [6.45, 7) is 2.40. The van der Waals surface area contributed by atoms with Gasteiger partial charge in [0.25, 0.3) is 0 Å². The van der Waals surface area contributed by atoms with Crippen molar-refractivity contribution >= 4 is 65.5 Å². The van der Waals surface area contributed by atoms with Crippen molar-refractivity contribution in [2.45, 2.75) is 13.3 Å². The molecule has 0 aliphatic heterocycles. The molecule has 0 aromatic heterocycles. The molecular formula is C12H13Br3N2O3. The van der Waals surface area contributed by atoms with Gasteiger partial charge in [-0.1, -0.05) is 15.9 Å². The number of nitrogens with one attached hydrogen (secondary N) is 1. The van der Waals surface area contributed by atoms with E-state index in [9.17, 15) is 9.59 Å². The van der Waals surface area contributed by atoms with Crippen molar-refractivity contribution in [2.24, 2.45) is 0 Å². The zero-order valence-electron chi connectivity index (χ0n) is 10.6. The average molecular weight is 473 g/mol. The first kappa shape index (κ1) is 17.5. The van der Waals surface area contributed by atoms with Crippen LogP contribution in [0, 0.1) is 0 Å². The van der Waals surface area contributed by atoms with Gasteiger partial charge in [-0.3, -0.25) is 4.79 Å². The van der Waals surface area contributed by atoms with Gasteiger partial charge in [0.15, 0.2) is 0 Å². The van der Waals surface area contributed by atoms with Crippen LogP contribution >= 0.6 is 47.8 Å². The number of nitrogens with zero attached hydrogens (tertiary/aromatic N) is 1. The Balaban J connectivity index is 2.81. The molecule has 0 radical (unpaired) electrons. The molecule has 2 N–H and O–H groups in total. The molecule has 0 aliphatic carbocycles. The van der Waals surface area contributed by atoms with Crippen molar-refractivity contribution in [2.75, 3.05) is 18.4 Å². The Morgan fingerprint density at radius 1 is 1.25 bits per heavy atom. The number of benzene rings is 1. The fourth-order valence-electron chi connectivity index (χ4n) is 1.48. The lowest BCUT2D eigenvalue weighted by molar-refractivity contribution is -0.137. The summed E-state index contributed by atoms with van der Waals surface area (Å²) in [6, 6.07) is 3.29. The molecule has 1 aromatic rings. The third-order valence-electron chi connectivity index (χ3n) is 2.50. The molecule has 0 atom stereocenters. The summed E-state index contributed by atoms with van der Waals surface area (Å²) in [5.41, 5.74) is 0.604. The zero-order valence-corrected chi connectivity index (χ0v) is 15.4. The smallest absolute Gasteiger partial charge is 0.321 e. The fourth-order valence-corrected chi connectivity index (χ4v) is 3.94. The first-order chi connectivity index (χ1) is 9.35. The van der Waals surface area contributed by atoms with Crippen molar-refractivity contribution in [3.05, 3.63) is 25.6 Å². The van der Waals surface area contributed by atoms with Crippen molar-refractivity contribution in [1.82, 2.24) is 4.90 Å². The van der Waals surface area contributed by atoms with E-state index in [4.69, 9.17) is 5.11 Å². The Kier molecular flexibility index (Phi) is 6.97. The number of amides is 2. The van der Waals surface area contributed by atoms with E-state index in [1.165, 1.54) is 4.90 Å². The van der Waals surface area contributed by atoms with Crippen LogP contribution in [0.3, 0.4) is 0 Å². The maximum atomic E-state index is 12.1. The third-order valence-corrected chi connectivity index (χ3v) is 4.21. The van der Waals surface area contributed by atoms with E-state index in [1.807, 2.05) is 12.1 Å². The van der Waals surface area contributed by atoms with E-state index < -0.39 is 5.97 Å². The van der Waals surface area contributed by atoms with Crippen LogP contribution in [-0.2, 0) is 4.79 Å². The van der Waals surface area contributed by atoms with Gasteiger partial charge in [0.1, 0.15) is 0 Å². The van der Waals surface area contributed by atoms with E-state index >= 15 is 0 Å². The first-order valence-electron chi connectivity index (χ1n) is 5.77. The molecule has 8 heteroatoms. The van der Waals surface area contributed by atoms with E-state index in [-0.39, 0.29) is 19.0 Å². The number of halogens is 3. The number of hydrogen-bond donors (Lipinski definition) is 2. The molecule has 0 bridgehead atoms. The molecular weight excluding hydrogens is 460 g/mol. The van der Waals surface area contributed by atoms with Crippen LogP contribution in [0.2, 0.25) is 0 Å². The number of carbonyl (C=O) groups is 2. The normalized spacial score (nSPS) is 10.2. The minimum atomic E-state index is -0.928. The highest BCUT2D eigenvalue weighted by atomic mass is 79.9. The molecule has 0 aliphatic rings. The van der Waals surface area contributed by atoms with Gasteiger partial charge in [0.05, 0.1) is 12.1 Å². The minimum Gasteiger partial charge on any atom is -0.481 e. The average Bonchev–Trinajstić information content (AvgIpc) is 2.34. The summed E-state index contributed by atoms with van der Waals surface area (Å²) in [4.78, 5) is 24.1. The van der Waals surface area contributed by atoms with Gasteiger partial charge in [-0.25, -0.2) is 4.79 Å². The molecule has 0 saturated heterocycles. The van der Waals surface area contributed by atoms with Gasteiger partial charge in [-0.15, -0.1) is 0 Å². The maximum absolute atomic E-state index is 12.1. The Hall–Kier alpha value is -0.600. The lowest BCUT2D eigenvalue weighted by Gasteiger charge is -2.21. The number of carbonyl (C=O) groups excluding carboxylic acids is 1. The number of carboxylic acid groups (broad SMARTS) is 1. The summed E-state index contributed by atoms with van der Waals surface area (Å²) in [5.74, 6) is -0.928. The second-order valence-electron chi connectivity index (χ2n) is 3.90. The highest BCUT2D eigenvalue weighted by molar-refractivity contribution is 9.11. The van der Waals surface area contributed by atoms with Gasteiger partial charge in [-0.05, 0) is 50.9 Å². The number of rotatable bonds is 5. The molecule has 1 rings (SSSR count). The molecule has 0 heterocycles. The Labute approximate surface area is 142 Å². The second-order valence-corrected chi connectivity index (χ2v) is 6.52. The van der Waals surface area contributed by atoms with Crippen LogP contribution in [-0.4, -0.2) is 35.1 Å². The molecule has 2 amide bonds. The van der Waals surface area contributed by atoms with Gasteiger partial charge >= 0.3 is 12.0 Å². The third kappa shape index (κ3) is 5.06. The van der Waals surface area contributed by atoms with Gasteiger partial charge < -0.3 is 15.3 Å². The van der Waals surface area contributed by atoms with Crippen LogP contribution in [0.1, 0.15) is 13.3 Å². The summed E-state index contributed by atoms with van der Waals surface area (Å²) in [7, 11) is 0. The van der Waals surface area contributed by atoms with Crippen molar-refractivity contribution in [3.63, 3.8) is 0 Å². The number of aliphatic carboxylic acids is 1. The highest BCUT2D eigenvalue weighted by Gasteiger charge is 2.16. The quantitative estimate of drug-likeness (QED) is 0.671. The second kappa shape index (κ2) is 7.99. The maximum Gasteiger partial charge on any atom is 0.321 e. The number of anilines is 1. The van der Waals surface area contributed by atoms with Crippen LogP contribution in [0.4, 0.5) is 10.5 Å². The van der Waals surface area contributed by atoms with Gasteiger partial charge in [-0.2, -0.15) is 0 Å². The number of urea groups is 1. The van der Waals surface area contributed by atoms with E-state index in [1.54, 1.807) is 6.92 Å². The molecule has 0 spiro atoms. The van der Waals surface area contributed by atoms with Gasteiger partial charge in [0.2, 0.25) is 0 Å². The Bertz CT molecular complexity index is 500. The van der Waals surface area contributed by atoms with Crippen molar-refractivity contribution in [3.8, 4) is 0 Å². The predicted octanol–water partition coefficient (Wildman–Crippen LogP) is 4.30. The monoisotopic (exact) mass is 470 g/mol. The molecule has 5 nitrogen and oxygen atoms in total. The van der Waals surface area contributed by atoms with Crippen LogP contribution in [0.25, 0.3) is 0 Å². The largest absolute Gasteiger partial charge is 0.481 e. The lowest BCUT2D eigenvalue weighted by atomic mass is 10.3. The van der Waals surface area contributed by atoms with Crippen molar-refractivity contribution in [1.29, 1.82) is 0 Å². The van der Waals surface area contributed by atoms with E-state index in [2.05, 4.69) is 53.1 Å². The highest BCUT2D eigenvalue weighted by Crippen LogP contribution is 2.34. The minimum absolute atomic E-state index is 0.0794. The fraction of sp³-hybridized carbons (Fsp3) is 0.333. The molecule has 0 unspecified atom stereocenters. The van der Waals surface area contributed by atoms with E-state index in [0.717, 1.165) is 13.4 Å². The summed E-state index contributed by atoms with van der Waals surface area (Å²) in [6.07, 6.45) is -0.0794. The van der Waals surface area contributed by atoms with Crippen LogP contribution in [0.5, 0.6) is 0 Å². The molecule has 1 aromatic carbocycles. The number of hydrogen-bond acceptors (Lipinski definition) is 2. The standard InChI is InChI=1S/C12H13Br3N2O3/c1-2-17(4-3-10(18)19)12(20)16-11-8(14)5-7(13)6-9(11)15/h5-6H,2-4H2,1H3,(H,16,20)(H,18,19). The van der Waals surface area contributed by atoms with Crippen LogP contribution < -0.4 is 5.32 Å². The first-order valence-corrected chi connectivity index (χ1v) is 8.15. The molecule has 20 heavy (non-hydrogen) atoms. The zero-order chi connectivity index (χ0) is 15.3. The lowest BCUT2D eigenvalue weighted by Crippen LogP contribution is -2.36. The summed E-state index contributed by atoms with van der Waals surface area (Å²) in [5, 5.41) is 11.4.